The van der Waals surface area contributed by atoms with Gasteiger partial charge >= 0.3 is 0 Å². The molecule has 0 spiro atoms. The molecule has 0 saturated heterocycles. The zero-order valence-electron chi connectivity index (χ0n) is 9.92. The fourth-order valence-corrected chi connectivity index (χ4v) is 2.78. The van der Waals surface area contributed by atoms with Crippen molar-refractivity contribution in [3.63, 3.8) is 0 Å². The summed E-state index contributed by atoms with van der Waals surface area (Å²) < 4.78 is 3.38. The molecule has 0 amide bonds. The maximum absolute atomic E-state index is 5.77. The third-order valence-corrected chi connectivity index (χ3v) is 3.78. The molecule has 1 aromatic heterocycles. The summed E-state index contributed by atoms with van der Waals surface area (Å²) in [6.07, 6.45) is 0. The van der Waals surface area contributed by atoms with Gasteiger partial charge in [-0.15, -0.1) is 0 Å². The van der Waals surface area contributed by atoms with Crippen LogP contribution in [-0.2, 0) is 7.05 Å². The summed E-state index contributed by atoms with van der Waals surface area (Å²) in [6, 6.07) is 6.42. The average Bonchev–Trinajstić information content (AvgIpc) is 2.51. The van der Waals surface area contributed by atoms with Gasteiger partial charge in [-0.1, -0.05) is 28.9 Å². The highest BCUT2D eigenvalue weighted by Crippen LogP contribution is 2.31. The number of rotatable bonds is 2. The van der Waals surface area contributed by atoms with E-state index in [1.807, 2.05) is 0 Å². The quantitative estimate of drug-likeness (QED) is 0.899. The van der Waals surface area contributed by atoms with Crippen LogP contribution in [0.25, 0.3) is 10.9 Å². The van der Waals surface area contributed by atoms with E-state index in [9.17, 15) is 0 Å². The maximum Gasteiger partial charge on any atom is 0.0494 e. The van der Waals surface area contributed by atoms with E-state index in [0.29, 0.717) is 12.5 Å². The van der Waals surface area contributed by atoms with Gasteiger partial charge < -0.3 is 10.3 Å². The fourth-order valence-electron chi connectivity index (χ4n) is 2.43. The van der Waals surface area contributed by atoms with E-state index in [4.69, 9.17) is 5.73 Å². The second kappa shape index (κ2) is 4.22. The largest absolute Gasteiger partial charge is 0.347 e. The van der Waals surface area contributed by atoms with Crippen LogP contribution in [0.1, 0.15) is 24.1 Å². The summed E-state index contributed by atoms with van der Waals surface area (Å²) in [4.78, 5) is 0. The summed E-state index contributed by atoms with van der Waals surface area (Å²) >= 11 is 3.52. The van der Waals surface area contributed by atoms with Crippen LogP contribution in [0.5, 0.6) is 0 Å². The molecule has 16 heavy (non-hydrogen) atoms. The summed E-state index contributed by atoms with van der Waals surface area (Å²) in [5, 5.41) is 1.32. The lowest BCUT2D eigenvalue weighted by atomic mass is 10.0. The zero-order valence-corrected chi connectivity index (χ0v) is 11.5. The average molecular weight is 281 g/mol. The van der Waals surface area contributed by atoms with Gasteiger partial charge in [-0.05, 0) is 24.6 Å². The molecule has 0 radical (unpaired) electrons. The van der Waals surface area contributed by atoms with E-state index >= 15 is 0 Å². The number of hydrogen-bond donors (Lipinski definition) is 1. The standard InChI is InChI=1S/C13H17BrN2/c1-8(7-15)13-9(2)11-5-4-10(14)6-12(11)16(13)3/h4-6,8H,7,15H2,1-3H3. The lowest BCUT2D eigenvalue weighted by molar-refractivity contribution is 0.697. The predicted molar refractivity (Wildman–Crippen MR) is 72.8 cm³/mol. The fraction of sp³-hybridized carbons (Fsp3) is 0.385. The summed E-state index contributed by atoms with van der Waals surface area (Å²) in [7, 11) is 2.11. The number of hydrogen-bond acceptors (Lipinski definition) is 1. The molecular weight excluding hydrogens is 264 g/mol. The van der Waals surface area contributed by atoms with E-state index in [1.54, 1.807) is 0 Å². The van der Waals surface area contributed by atoms with E-state index in [-0.39, 0.29) is 0 Å². The minimum atomic E-state index is 0.399. The smallest absolute Gasteiger partial charge is 0.0494 e. The lowest BCUT2D eigenvalue weighted by Crippen LogP contribution is -2.13. The van der Waals surface area contributed by atoms with E-state index in [1.165, 1.54) is 22.2 Å². The van der Waals surface area contributed by atoms with E-state index < -0.39 is 0 Å². The second-order valence-corrected chi connectivity index (χ2v) is 5.28. The topological polar surface area (TPSA) is 30.9 Å². The number of benzene rings is 1. The van der Waals surface area contributed by atoms with Crippen molar-refractivity contribution in [3.8, 4) is 0 Å². The van der Waals surface area contributed by atoms with Gasteiger partial charge in [-0.3, -0.25) is 0 Å². The Morgan fingerprint density at radius 3 is 2.75 bits per heavy atom. The first-order valence-corrected chi connectivity index (χ1v) is 6.30. The molecule has 0 fully saturated rings. The molecular formula is C13H17BrN2. The Morgan fingerprint density at radius 1 is 1.44 bits per heavy atom. The first-order chi connectivity index (χ1) is 7.56. The van der Waals surface area contributed by atoms with Crippen molar-refractivity contribution in [2.45, 2.75) is 19.8 Å². The molecule has 0 aliphatic carbocycles. The summed E-state index contributed by atoms with van der Waals surface area (Å²) in [6.45, 7) is 5.04. The normalized spacial score (nSPS) is 13.3. The van der Waals surface area contributed by atoms with E-state index in [2.05, 4.69) is 59.6 Å². The molecule has 0 saturated carbocycles. The number of aryl methyl sites for hydroxylation is 2. The molecule has 86 valence electrons. The molecule has 2 aromatic rings. The first kappa shape index (κ1) is 11.7. The SMILES string of the molecule is Cc1c(C(C)CN)n(C)c2cc(Br)ccc12. The van der Waals surface area contributed by atoms with Crippen LogP contribution >= 0.6 is 15.9 Å². The molecule has 2 nitrogen and oxygen atoms in total. The monoisotopic (exact) mass is 280 g/mol. The van der Waals surface area contributed by atoms with Crippen molar-refractivity contribution < 1.29 is 0 Å². The second-order valence-electron chi connectivity index (χ2n) is 4.37. The van der Waals surface area contributed by atoms with Gasteiger partial charge in [0.2, 0.25) is 0 Å². The highest BCUT2D eigenvalue weighted by molar-refractivity contribution is 9.10. The minimum Gasteiger partial charge on any atom is -0.347 e. The van der Waals surface area contributed by atoms with Gasteiger partial charge in [0, 0.05) is 40.6 Å². The van der Waals surface area contributed by atoms with Crippen molar-refractivity contribution in [1.29, 1.82) is 0 Å². The molecule has 1 atom stereocenters. The van der Waals surface area contributed by atoms with Crippen LogP contribution < -0.4 is 5.73 Å². The molecule has 0 aliphatic heterocycles. The summed E-state index contributed by atoms with van der Waals surface area (Å²) in [5.41, 5.74) is 9.73. The van der Waals surface area contributed by atoms with Crippen LogP contribution in [0.2, 0.25) is 0 Å². The Bertz CT molecular complexity index is 528. The van der Waals surface area contributed by atoms with Crippen molar-refractivity contribution in [2.75, 3.05) is 6.54 Å². The van der Waals surface area contributed by atoms with Crippen molar-refractivity contribution in [1.82, 2.24) is 4.57 Å². The van der Waals surface area contributed by atoms with Crippen LogP contribution in [0.15, 0.2) is 22.7 Å². The Labute approximate surface area is 105 Å². The maximum atomic E-state index is 5.77. The molecule has 0 aliphatic rings. The summed E-state index contributed by atoms with van der Waals surface area (Å²) in [5.74, 6) is 0.399. The number of aromatic nitrogens is 1. The highest BCUT2D eigenvalue weighted by atomic mass is 79.9. The van der Waals surface area contributed by atoms with Gasteiger partial charge in [0.15, 0.2) is 0 Å². The van der Waals surface area contributed by atoms with Gasteiger partial charge in [0.05, 0.1) is 0 Å². The van der Waals surface area contributed by atoms with Gasteiger partial charge in [0.1, 0.15) is 0 Å². The Hall–Kier alpha value is -0.800. The third-order valence-electron chi connectivity index (χ3n) is 3.29. The Kier molecular flexibility index (Phi) is 3.08. The van der Waals surface area contributed by atoms with Crippen LogP contribution in [0.4, 0.5) is 0 Å². The van der Waals surface area contributed by atoms with E-state index in [0.717, 1.165) is 4.47 Å². The van der Waals surface area contributed by atoms with Crippen LogP contribution in [0.3, 0.4) is 0 Å². The molecule has 1 heterocycles. The van der Waals surface area contributed by atoms with Crippen LogP contribution in [0, 0.1) is 6.92 Å². The Morgan fingerprint density at radius 2 is 2.12 bits per heavy atom. The predicted octanol–water partition coefficient (Wildman–Crippen LogP) is 3.31. The Balaban J connectivity index is 2.76. The number of halogens is 1. The number of fused-ring (bicyclic) bond motifs is 1. The van der Waals surface area contributed by atoms with Crippen molar-refractivity contribution in [3.05, 3.63) is 33.9 Å². The molecule has 0 bridgehead atoms. The number of nitrogens with two attached hydrogens (primary N) is 1. The third kappa shape index (κ3) is 1.68. The van der Waals surface area contributed by atoms with Crippen LogP contribution in [-0.4, -0.2) is 11.1 Å². The molecule has 1 unspecified atom stereocenters. The van der Waals surface area contributed by atoms with Crippen molar-refractivity contribution >= 4 is 26.8 Å². The lowest BCUT2D eigenvalue weighted by Gasteiger charge is -2.12. The van der Waals surface area contributed by atoms with Gasteiger partial charge in [-0.2, -0.15) is 0 Å². The molecule has 3 heteroatoms. The zero-order chi connectivity index (χ0) is 11.9. The van der Waals surface area contributed by atoms with Crippen molar-refractivity contribution in [2.24, 2.45) is 12.8 Å². The molecule has 2 rings (SSSR count). The highest BCUT2D eigenvalue weighted by Gasteiger charge is 2.16. The van der Waals surface area contributed by atoms with Gasteiger partial charge in [-0.25, -0.2) is 0 Å². The first-order valence-electron chi connectivity index (χ1n) is 5.50. The minimum absolute atomic E-state index is 0.399. The molecule has 2 N–H and O–H groups in total. The van der Waals surface area contributed by atoms with Gasteiger partial charge in [0.25, 0.3) is 0 Å². The number of nitrogens with zero attached hydrogens (tertiary/aromatic N) is 1. The molecule has 1 aromatic carbocycles.